The molecule has 0 unspecified atom stereocenters. The van der Waals surface area contributed by atoms with Crippen molar-refractivity contribution in [2.45, 2.75) is 39.0 Å². The molecule has 0 atom stereocenters. The van der Waals surface area contributed by atoms with Crippen molar-refractivity contribution in [3.05, 3.63) is 83.7 Å². The van der Waals surface area contributed by atoms with E-state index in [1.807, 2.05) is 32.9 Å². The SMILES string of the molecule is CC(C)(C)c1cc(NC(=O)Nc2cnc(Oc3ccc(-c4cnc(N5CCCC5=O)s4)cc3)nc2)n(-c2ccc(F)cc2Cl)n1. The second-order valence-electron chi connectivity index (χ2n) is 11.3. The summed E-state index contributed by atoms with van der Waals surface area (Å²) in [5.74, 6) is 0.495. The quantitative estimate of drug-likeness (QED) is 0.188. The van der Waals surface area contributed by atoms with Crippen molar-refractivity contribution in [1.29, 1.82) is 0 Å². The topological polar surface area (TPSA) is 127 Å². The van der Waals surface area contributed by atoms with E-state index in [4.69, 9.17) is 16.3 Å². The average molecular weight is 647 g/mol. The Morgan fingerprint density at radius 3 is 2.44 bits per heavy atom. The highest BCUT2D eigenvalue weighted by Gasteiger charge is 2.25. The molecule has 230 valence electrons. The van der Waals surface area contributed by atoms with Crippen molar-refractivity contribution in [3.8, 4) is 27.9 Å². The molecule has 0 bridgehead atoms. The van der Waals surface area contributed by atoms with Crippen molar-refractivity contribution in [3.63, 3.8) is 0 Å². The number of hydrogen-bond acceptors (Lipinski definition) is 8. The van der Waals surface area contributed by atoms with Gasteiger partial charge in [0.25, 0.3) is 0 Å². The fourth-order valence-corrected chi connectivity index (χ4v) is 5.76. The highest BCUT2D eigenvalue weighted by atomic mass is 35.5. The zero-order valence-corrected chi connectivity index (χ0v) is 26.1. The lowest BCUT2D eigenvalue weighted by atomic mass is 9.92. The Balaban J connectivity index is 1.09. The van der Waals surface area contributed by atoms with Crippen molar-refractivity contribution >= 4 is 51.5 Å². The molecule has 3 aromatic heterocycles. The maximum atomic E-state index is 13.7. The number of anilines is 3. The lowest BCUT2D eigenvalue weighted by Crippen LogP contribution is -2.23. The molecule has 1 aliphatic heterocycles. The minimum atomic E-state index is -0.567. The standard InChI is InChI=1S/C31H28ClFN8O3S/c1-31(2,3)25-14-26(41(39-25)23-11-8-19(33)13-22(23)32)38-28(43)37-20-15-34-29(35-16-20)44-21-9-6-18(7-10-21)24-17-36-30(45-24)40-12-4-5-27(40)42/h6-11,13-17H,4-5,12H2,1-3H3,(H2,37,38,43). The minimum absolute atomic E-state index is 0.0974. The van der Waals surface area contributed by atoms with Crippen LogP contribution in [-0.2, 0) is 10.2 Å². The molecular weight excluding hydrogens is 619 g/mol. The number of amides is 3. The number of carbonyl (C=O) groups excluding carboxylic acids is 2. The van der Waals surface area contributed by atoms with E-state index < -0.39 is 11.8 Å². The summed E-state index contributed by atoms with van der Waals surface area (Å²) in [7, 11) is 0. The summed E-state index contributed by atoms with van der Waals surface area (Å²) in [6.07, 6.45) is 6.02. The first-order valence-electron chi connectivity index (χ1n) is 14.0. The molecule has 2 aromatic carbocycles. The monoisotopic (exact) mass is 646 g/mol. The van der Waals surface area contributed by atoms with E-state index in [1.54, 1.807) is 29.3 Å². The first-order chi connectivity index (χ1) is 21.5. The van der Waals surface area contributed by atoms with Gasteiger partial charge >= 0.3 is 12.0 Å². The number of halogens is 2. The Bertz CT molecular complexity index is 1870. The zero-order valence-electron chi connectivity index (χ0n) is 24.5. The molecule has 0 saturated carbocycles. The molecule has 4 heterocycles. The molecule has 1 fully saturated rings. The normalized spacial score (nSPS) is 13.3. The van der Waals surface area contributed by atoms with Crippen LogP contribution in [0.1, 0.15) is 39.3 Å². The second-order valence-corrected chi connectivity index (χ2v) is 12.7. The highest BCUT2D eigenvalue weighted by Crippen LogP contribution is 2.34. The van der Waals surface area contributed by atoms with Crippen LogP contribution in [0.4, 0.5) is 25.8 Å². The molecule has 1 aliphatic rings. The van der Waals surface area contributed by atoms with Crippen LogP contribution >= 0.6 is 22.9 Å². The molecule has 14 heteroatoms. The van der Waals surface area contributed by atoms with Crippen molar-refractivity contribution < 1.29 is 18.7 Å². The van der Waals surface area contributed by atoms with Crippen molar-refractivity contribution in [2.24, 2.45) is 0 Å². The van der Waals surface area contributed by atoms with Gasteiger partial charge in [-0.25, -0.2) is 28.8 Å². The van der Waals surface area contributed by atoms with E-state index in [9.17, 15) is 14.0 Å². The summed E-state index contributed by atoms with van der Waals surface area (Å²) in [5, 5.41) is 10.9. The molecule has 0 aliphatic carbocycles. The Morgan fingerprint density at radius 2 is 1.78 bits per heavy atom. The van der Waals surface area contributed by atoms with Crippen LogP contribution in [-0.4, -0.2) is 43.2 Å². The Labute approximate surface area is 267 Å². The van der Waals surface area contributed by atoms with E-state index in [1.165, 1.54) is 46.6 Å². The minimum Gasteiger partial charge on any atom is -0.424 e. The van der Waals surface area contributed by atoms with Gasteiger partial charge in [-0.1, -0.05) is 43.7 Å². The number of urea groups is 1. The van der Waals surface area contributed by atoms with Crippen LogP contribution in [0.25, 0.3) is 16.1 Å². The summed E-state index contributed by atoms with van der Waals surface area (Å²) in [6.45, 7) is 6.66. The summed E-state index contributed by atoms with van der Waals surface area (Å²) in [6, 6.07) is 12.6. The third kappa shape index (κ3) is 6.79. The lowest BCUT2D eigenvalue weighted by Gasteiger charge is -2.14. The van der Waals surface area contributed by atoms with E-state index >= 15 is 0 Å². The van der Waals surface area contributed by atoms with Crippen LogP contribution in [0.15, 0.2) is 67.1 Å². The van der Waals surface area contributed by atoms with Gasteiger partial charge in [-0.05, 0) is 54.4 Å². The number of hydrogen-bond donors (Lipinski definition) is 2. The Kier molecular flexibility index (Phi) is 8.21. The van der Waals surface area contributed by atoms with Gasteiger partial charge in [0, 0.05) is 30.6 Å². The largest absolute Gasteiger partial charge is 0.424 e. The number of thiazole rings is 1. The molecule has 1 saturated heterocycles. The number of aromatic nitrogens is 5. The molecule has 5 aromatic rings. The zero-order chi connectivity index (χ0) is 31.7. The molecule has 3 amide bonds. The second kappa shape index (κ2) is 12.3. The van der Waals surface area contributed by atoms with E-state index in [-0.39, 0.29) is 22.4 Å². The molecule has 6 rings (SSSR count). The molecule has 45 heavy (non-hydrogen) atoms. The van der Waals surface area contributed by atoms with Gasteiger partial charge in [0.2, 0.25) is 5.91 Å². The number of ether oxygens (including phenoxy) is 1. The summed E-state index contributed by atoms with van der Waals surface area (Å²) >= 11 is 7.76. The Hall–Kier alpha value is -4.88. The van der Waals surface area contributed by atoms with Gasteiger partial charge in [0.15, 0.2) is 5.13 Å². The van der Waals surface area contributed by atoms with Crippen LogP contribution in [0, 0.1) is 5.82 Å². The fourth-order valence-electron chi connectivity index (χ4n) is 4.55. The van der Waals surface area contributed by atoms with Crippen LogP contribution in [0.3, 0.4) is 0 Å². The van der Waals surface area contributed by atoms with Gasteiger partial charge < -0.3 is 10.1 Å². The fraction of sp³-hybridized carbons (Fsp3) is 0.226. The number of rotatable bonds is 7. The molecule has 2 N–H and O–H groups in total. The molecular formula is C31H28ClFN8O3S. The number of benzene rings is 2. The number of nitrogens with one attached hydrogen (secondary N) is 2. The van der Waals surface area contributed by atoms with Gasteiger partial charge in [-0.2, -0.15) is 5.10 Å². The van der Waals surface area contributed by atoms with Gasteiger partial charge in [-0.15, -0.1) is 0 Å². The predicted molar refractivity (Wildman–Crippen MR) is 171 cm³/mol. The van der Waals surface area contributed by atoms with Gasteiger partial charge in [-0.3, -0.25) is 15.0 Å². The van der Waals surface area contributed by atoms with E-state index in [2.05, 4.69) is 30.7 Å². The first-order valence-corrected chi connectivity index (χ1v) is 15.2. The van der Waals surface area contributed by atoms with E-state index in [0.717, 1.165) is 16.9 Å². The summed E-state index contributed by atoms with van der Waals surface area (Å²) < 4.78 is 20.9. The van der Waals surface area contributed by atoms with Gasteiger partial charge in [0.1, 0.15) is 17.4 Å². The summed E-state index contributed by atoms with van der Waals surface area (Å²) in [4.78, 5) is 40.4. The third-order valence-electron chi connectivity index (χ3n) is 6.89. The Morgan fingerprint density at radius 1 is 1.02 bits per heavy atom. The van der Waals surface area contributed by atoms with Crippen molar-refractivity contribution in [2.75, 3.05) is 22.1 Å². The van der Waals surface area contributed by atoms with Crippen LogP contribution in [0.2, 0.25) is 5.02 Å². The van der Waals surface area contributed by atoms with Crippen LogP contribution in [0.5, 0.6) is 11.8 Å². The summed E-state index contributed by atoms with van der Waals surface area (Å²) in [5.41, 5.74) is 2.06. The predicted octanol–water partition coefficient (Wildman–Crippen LogP) is 7.44. The first kappa shape index (κ1) is 30.2. The smallest absolute Gasteiger partial charge is 0.324 e. The maximum Gasteiger partial charge on any atom is 0.324 e. The number of carbonyl (C=O) groups is 2. The third-order valence-corrected chi connectivity index (χ3v) is 8.26. The molecule has 0 spiro atoms. The van der Waals surface area contributed by atoms with Crippen molar-refractivity contribution in [1.82, 2.24) is 24.7 Å². The van der Waals surface area contributed by atoms with Crippen LogP contribution < -0.4 is 20.3 Å². The molecule has 0 radical (unpaired) electrons. The lowest BCUT2D eigenvalue weighted by molar-refractivity contribution is -0.117. The maximum absolute atomic E-state index is 13.7. The molecule has 11 nitrogen and oxygen atoms in total. The highest BCUT2D eigenvalue weighted by molar-refractivity contribution is 7.19. The van der Waals surface area contributed by atoms with E-state index in [0.29, 0.717) is 46.7 Å². The van der Waals surface area contributed by atoms with Gasteiger partial charge in [0.05, 0.1) is 39.4 Å². The number of nitrogens with zero attached hydrogens (tertiary/aromatic N) is 6. The average Bonchev–Trinajstić information content (AvgIpc) is 3.75.